The number of piperidine rings is 1. The Morgan fingerprint density at radius 2 is 1.93 bits per heavy atom. The van der Waals surface area contributed by atoms with Crippen molar-refractivity contribution in [2.24, 2.45) is 5.92 Å². The van der Waals surface area contributed by atoms with Crippen molar-refractivity contribution in [2.75, 3.05) is 36.0 Å². The van der Waals surface area contributed by atoms with Crippen LogP contribution >= 0.6 is 0 Å². The molecule has 0 radical (unpaired) electrons. The highest BCUT2D eigenvalue weighted by Gasteiger charge is 2.28. The van der Waals surface area contributed by atoms with Crippen LogP contribution in [0.5, 0.6) is 0 Å². The van der Waals surface area contributed by atoms with E-state index in [-0.39, 0.29) is 24.4 Å². The van der Waals surface area contributed by atoms with E-state index in [0.29, 0.717) is 38.0 Å². The molecule has 1 aromatic heterocycles. The number of fused-ring (bicyclic) bond motifs is 1. The second-order valence-corrected chi connectivity index (χ2v) is 7.66. The third-order valence-corrected chi connectivity index (χ3v) is 5.78. The number of nitriles is 1. The number of para-hydroxylation sites is 1. The van der Waals surface area contributed by atoms with Gasteiger partial charge in [0.2, 0.25) is 0 Å². The number of anilines is 2. The van der Waals surface area contributed by atoms with Gasteiger partial charge in [-0.2, -0.15) is 5.26 Å². The molecule has 1 fully saturated rings. The molecule has 0 saturated carbocycles. The molecule has 7 heteroatoms. The van der Waals surface area contributed by atoms with Gasteiger partial charge >= 0.3 is 5.97 Å². The fraction of sp³-hybridized carbons (Fsp3) is 0.391. The smallest absolute Gasteiger partial charge is 0.309 e. The van der Waals surface area contributed by atoms with Gasteiger partial charge < -0.3 is 14.5 Å². The molecule has 154 valence electrons. The van der Waals surface area contributed by atoms with Crippen molar-refractivity contribution in [3.63, 3.8) is 0 Å². The van der Waals surface area contributed by atoms with Crippen molar-refractivity contribution in [3.8, 4) is 6.07 Å². The summed E-state index contributed by atoms with van der Waals surface area (Å²) in [7, 11) is 0. The van der Waals surface area contributed by atoms with Crippen LogP contribution in [-0.4, -0.2) is 43.1 Å². The fourth-order valence-electron chi connectivity index (χ4n) is 4.10. The lowest BCUT2D eigenvalue weighted by atomic mass is 9.97. The molecule has 0 bridgehead atoms. The van der Waals surface area contributed by atoms with Crippen LogP contribution in [-0.2, 0) is 20.7 Å². The predicted octanol–water partition coefficient (Wildman–Crippen LogP) is 2.69. The second-order valence-electron chi connectivity index (χ2n) is 7.66. The molecule has 1 saturated heterocycles. The van der Waals surface area contributed by atoms with Gasteiger partial charge in [0.1, 0.15) is 11.9 Å². The van der Waals surface area contributed by atoms with Crippen LogP contribution in [0.25, 0.3) is 0 Å². The zero-order valence-electron chi connectivity index (χ0n) is 16.8. The van der Waals surface area contributed by atoms with E-state index >= 15 is 0 Å². The molecule has 2 aliphatic heterocycles. The van der Waals surface area contributed by atoms with Crippen LogP contribution in [0.1, 0.15) is 30.4 Å². The highest BCUT2D eigenvalue weighted by atomic mass is 16.5. The summed E-state index contributed by atoms with van der Waals surface area (Å²) in [5.74, 6) is 0.122. The van der Waals surface area contributed by atoms with Gasteiger partial charge in [-0.15, -0.1) is 0 Å². The van der Waals surface area contributed by atoms with Gasteiger partial charge in [0.25, 0.3) is 5.91 Å². The largest absolute Gasteiger partial charge is 0.455 e. The van der Waals surface area contributed by atoms with Crippen molar-refractivity contribution < 1.29 is 14.3 Å². The number of esters is 1. The molecule has 0 unspecified atom stereocenters. The van der Waals surface area contributed by atoms with Crippen LogP contribution in [0.15, 0.2) is 42.6 Å². The third-order valence-electron chi connectivity index (χ3n) is 5.78. The first-order valence-electron chi connectivity index (χ1n) is 10.3. The number of nitrogens with zero attached hydrogens (tertiary/aromatic N) is 4. The number of hydrogen-bond acceptors (Lipinski definition) is 6. The van der Waals surface area contributed by atoms with Crippen molar-refractivity contribution in [3.05, 3.63) is 53.7 Å². The lowest BCUT2D eigenvalue weighted by Crippen LogP contribution is -2.40. The molecule has 4 rings (SSSR count). The van der Waals surface area contributed by atoms with E-state index in [4.69, 9.17) is 10.00 Å². The van der Waals surface area contributed by atoms with Gasteiger partial charge in [0, 0.05) is 31.5 Å². The van der Waals surface area contributed by atoms with Crippen molar-refractivity contribution >= 4 is 23.4 Å². The Morgan fingerprint density at radius 3 is 2.67 bits per heavy atom. The number of hydrogen-bond donors (Lipinski definition) is 0. The summed E-state index contributed by atoms with van der Waals surface area (Å²) in [4.78, 5) is 33.3. The lowest BCUT2D eigenvalue weighted by molar-refractivity contribution is -0.152. The molecule has 30 heavy (non-hydrogen) atoms. The Bertz CT molecular complexity index is 959. The number of ether oxygens (including phenoxy) is 1. The number of benzene rings is 1. The molecule has 0 aliphatic carbocycles. The normalized spacial score (nSPS) is 16.5. The predicted molar refractivity (Wildman–Crippen MR) is 112 cm³/mol. The van der Waals surface area contributed by atoms with Gasteiger partial charge in [0.15, 0.2) is 6.61 Å². The maximum Gasteiger partial charge on any atom is 0.309 e. The zero-order valence-corrected chi connectivity index (χ0v) is 16.8. The summed E-state index contributed by atoms with van der Waals surface area (Å²) in [6.07, 6.45) is 4.74. The first kappa shape index (κ1) is 19.9. The average Bonchev–Trinajstić information content (AvgIpc) is 2.82. The zero-order chi connectivity index (χ0) is 20.9. The minimum absolute atomic E-state index is 0.172. The number of carbonyl (C=O) groups excluding carboxylic acids is 2. The topological polar surface area (TPSA) is 86.5 Å². The van der Waals surface area contributed by atoms with Crippen LogP contribution in [0.4, 0.5) is 11.5 Å². The van der Waals surface area contributed by atoms with Crippen LogP contribution < -0.4 is 9.80 Å². The van der Waals surface area contributed by atoms with Gasteiger partial charge in [-0.3, -0.25) is 9.59 Å². The van der Waals surface area contributed by atoms with Crippen molar-refractivity contribution in [1.29, 1.82) is 5.26 Å². The molecule has 1 amide bonds. The van der Waals surface area contributed by atoms with E-state index in [9.17, 15) is 9.59 Å². The standard InChI is InChI=1S/C23H24N4O3/c24-14-17-7-8-21(25-15-17)26-12-9-19(10-13-26)23(29)30-16-22(28)27-11-3-5-18-4-1-2-6-20(18)27/h1-2,4,6-8,15,19H,3,5,9-13,16H2. The van der Waals surface area contributed by atoms with E-state index in [0.717, 1.165) is 29.9 Å². The van der Waals surface area contributed by atoms with Crippen LogP contribution in [0.3, 0.4) is 0 Å². The molecular formula is C23H24N4O3. The number of amides is 1. The highest BCUT2D eigenvalue weighted by molar-refractivity contribution is 5.96. The van der Waals surface area contributed by atoms with Crippen molar-refractivity contribution in [1.82, 2.24) is 4.98 Å². The molecule has 7 nitrogen and oxygen atoms in total. The minimum atomic E-state index is -0.305. The monoisotopic (exact) mass is 404 g/mol. The lowest BCUT2D eigenvalue weighted by Gasteiger charge is -2.32. The summed E-state index contributed by atoms with van der Waals surface area (Å²) in [6.45, 7) is 1.81. The summed E-state index contributed by atoms with van der Waals surface area (Å²) in [6, 6.07) is 13.5. The van der Waals surface area contributed by atoms with Gasteiger partial charge in [0.05, 0.1) is 11.5 Å². The summed E-state index contributed by atoms with van der Waals surface area (Å²) >= 11 is 0. The summed E-state index contributed by atoms with van der Waals surface area (Å²) in [5, 5.41) is 8.87. The Labute approximate surface area is 175 Å². The number of carbonyl (C=O) groups is 2. The molecule has 2 aromatic rings. The Kier molecular flexibility index (Phi) is 5.94. The Morgan fingerprint density at radius 1 is 1.13 bits per heavy atom. The number of rotatable bonds is 4. The van der Waals surface area contributed by atoms with E-state index in [2.05, 4.69) is 16.0 Å². The van der Waals surface area contributed by atoms with Crippen LogP contribution in [0.2, 0.25) is 0 Å². The number of aryl methyl sites for hydroxylation is 1. The molecule has 3 heterocycles. The van der Waals surface area contributed by atoms with E-state index in [1.807, 2.05) is 30.3 Å². The van der Waals surface area contributed by atoms with Gasteiger partial charge in [-0.1, -0.05) is 18.2 Å². The molecule has 0 atom stereocenters. The summed E-state index contributed by atoms with van der Waals surface area (Å²) < 4.78 is 5.38. The minimum Gasteiger partial charge on any atom is -0.455 e. The molecule has 1 aromatic carbocycles. The third kappa shape index (κ3) is 4.28. The first-order chi connectivity index (χ1) is 14.7. The average molecular weight is 404 g/mol. The fourth-order valence-corrected chi connectivity index (χ4v) is 4.10. The van der Waals surface area contributed by atoms with E-state index in [1.165, 1.54) is 0 Å². The SMILES string of the molecule is N#Cc1ccc(N2CCC(C(=O)OCC(=O)N3CCCc4ccccc43)CC2)nc1. The maximum atomic E-state index is 12.6. The molecule has 2 aliphatic rings. The second kappa shape index (κ2) is 8.95. The number of aromatic nitrogens is 1. The van der Waals surface area contributed by atoms with Gasteiger partial charge in [-0.25, -0.2) is 4.98 Å². The molecule has 0 N–H and O–H groups in total. The summed E-state index contributed by atoms with van der Waals surface area (Å²) in [5.41, 5.74) is 2.61. The number of pyridine rings is 1. The Hall–Kier alpha value is -3.40. The molecule has 0 spiro atoms. The maximum absolute atomic E-state index is 12.6. The Balaban J connectivity index is 1.27. The first-order valence-corrected chi connectivity index (χ1v) is 10.3. The highest BCUT2D eigenvalue weighted by Crippen LogP contribution is 2.27. The quantitative estimate of drug-likeness (QED) is 0.729. The van der Waals surface area contributed by atoms with Gasteiger partial charge in [-0.05, 0) is 49.4 Å². The van der Waals surface area contributed by atoms with E-state index in [1.54, 1.807) is 17.2 Å². The molecular weight excluding hydrogens is 380 g/mol. The van der Waals surface area contributed by atoms with E-state index < -0.39 is 0 Å². The van der Waals surface area contributed by atoms with Crippen molar-refractivity contribution in [2.45, 2.75) is 25.7 Å². The van der Waals surface area contributed by atoms with Crippen LogP contribution in [0, 0.1) is 17.2 Å².